The molecule has 5 rings (SSSR count). The van der Waals surface area contributed by atoms with E-state index in [9.17, 15) is 0 Å². The summed E-state index contributed by atoms with van der Waals surface area (Å²) in [4.78, 5) is 0. The molecule has 0 saturated carbocycles. The molecular formula is C50H68O4. The standard InChI is InChI=1S/C48H62O4.C2H6/c1-10-32(5)28-49-43-20-16-17-37(26-45(43)51-30-34(7)12-3)48-42-25-36(9)21-23-40(42)39-18-14-15-19-41(39)47(48)38-22-24-44(50-29-33(6)11-2)46(27-38)52-31-35(8)13-4;1-2/h14-15,17-27,32-35H,10-13,16,28-31H2,1-9H3;1-2H3. The minimum Gasteiger partial charge on any atom is -0.490 e. The van der Waals surface area contributed by atoms with Crippen LogP contribution in [0.1, 0.15) is 112 Å². The van der Waals surface area contributed by atoms with E-state index in [1.54, 1.807) is 0 Å². The smallest absolute Gasteiger partial charge is 0.161 e. The first-order valence-electron chi connectivity index (χ1n) is 20.9. The predicted octanol–water partition coefficient (Wildman–Crippen LogP) is 14.5. The van der Waals surface area contributed by atoms with Gasteiger partial charge in [0.15, 0.2) is 23.0 Å². The van der Waals surface area contributed by atoms with Crippen LogP contribution < -0.4 is 9.47 Å². The van der Waals surface area contributed by atoms with Gasteiger partial charge in [-0.2, -0.15) is 0 Å². The number of aryl methyl sites for hydroxylation is 1. The molecule has 0 amide bonds. The average Bonchev–Trinajstić information content (AvgIpc) is 3.41. The van der Waals surface area contributed by atoms with Gasteiger partial charge in [0.25, 0.3) is 0 Å². The van der Waals surface area contributed by atoms with Crippen LogP contribution in [0, 0.1) is 30.6 Å². The molecule has 1 aliphatic carbocycles. The second kappa shape index (κ2) is 21.1. The summed E-state index contributed by atoms with van der Waals surface area (Å²) in [6, 6.07) is 22.2. The lowest BCUT2D eigenvalue weighted by molar-refractivity contribution is 0.117. The third-order valence-electron chi connectivity index (χ3n) is 10.8. The fourth-order valence-corrected chi connectivity index (χ4v) is 6.28. The number of hydrogen-bond donors (Lipinski definition) is 0. The van der Waals surface area contributed by atoms with E-state index in [0.29, 0.717) is 50.1 Å². The Morgan fingerprint density at radius 3 is 1.67 bits per heavy atom. The largest absolute Gasteiger partial charge is 0.490 e. The molecule has 0 aromatic heterocycles. The first-order chi connectivity index (χ1) is 26.2. The number of hydrogen-bond acceptors (Lipinski definition) is 4. The number of ether oxygens (including phenoxy) is 4. The molecule has 4 heteroatoms. The molecular weight excluding hydrogens is 665 g/mol. The van der Waals surface area contributed by atoms with Crippen LogP contribution >= 0.6 is 0 Å². The van der Waals surface area contributed by atoms with Crippen LogP contribution in [-0.4, -0.2) is 26.4 Å². The van der Waals surface area contributed by atoms with Crippen LogP contribution in [0.25, 0.3) is 38.2 Å². The van der Waals surface area contributed by atoms with Crippen molar-refractivity contribution in [1.82, 2.24) is 0 Å². The second-order valence-corrected chi connectivity index (χ2v) is 15.3. The summed E-state index contributed by atoms with van der Waals surface area (Å²) in [5.74, 6) is 5.02. The normalized spacial score (nSPS) is 15.1. The van der Waals surface area contributed by atoms with Gasteiger partial charge in [-0.25, -0.2) is 0 Å². The molecule has 1 aliphatic rings. The van der Waals surface area contributed by atoms with Gasteiger partial charge in [-0.05, 0) is 105 Å². The lowest BCUT2D eigenvalue weighted by Gasteiger charge is -2.22. The molecule has 0 saturated heterocycles. The van der Waals surface area contributed by atoms with Gasteiger partial charge in [0.1, 0.15) is 0 Å². The van der Waals surface area contributed by atoms with Crippen LogP contribution in [0.4, 0.5) is 0 Å². The first-order valence-corrected chi connectivity index (χ1v) is 20.9. The Morgan fingerprint density at radius 1 is 0.519 bits per heavy atom. The molecule has 0 radical (unpaired) electrons. The molecule has 0 spiro atoms. The first kappa shape index (κ1) is 42.6. The third-order valence-corrected chi connectivity index (χ3v) is 10.8. The van der Waals surface area contributed by atoms with Crippen LogP contribution in [0.3, 0.4) is 0 Å². The summed E-state index contributed by atoms with van der Waals surface area (Å²) in [7, 11) is 0. The molecule has 0 heterocycles. The topological polar surface area (TPSA) is 36.9 Å². The number of fused-ring (bicyclic) bond motifs is 3. The lowest BCUT2D eigenvalue weighted by Crippen LogP contribution is -2.11. The zero-order valence-electron chi connectivity index (χ0n) is 35.3. The molecule has 0 bridgehead atoms. The van der Waals surface area contributed by atoms with E-state index in [-0.39, 0.29) is 0 Å². The van der Waals surface area contributed by atoms with Crippen molar-refractivity contribution < 1.29 is 18.9 Å². The van der Waals surface area contributed by atoms with E-state index in [1.807, 2.05) is 13.8 Å². The fourth-order valence-electron chi connectivity index (χ4n) is 6.28. The summed E-state index contributed by atoms with van der Waals surface area (Å²) in [6.45, 7) is 26.6. The average molecular weight is 733 g/mol. The Kier molecular flexibility index (Phi) is 16.6. The van der Waals surface area contributed by atoms with E-state index in [2.05, 4.69) is 141 Å². The maximum absolute atomic E-state index is 6.66. The molecule has 0 fully saturated rings. The van der Waals surface area contributed by atoms with Crippen molar-refractivity contribution in [2.24, 2.45) is 23.7 Å². The Labute approximate surface area is 327 Å². The van der Waals surface area contributed by atoms with Crippen molar-refractivity contribution in [3.05, 3.63) is 102 Å². The molecule has 292 valence electrons. The molecule has 4 nitrogen and oxygen atoms in total. The highest BCUT2D eigenvalue weighted by Gasteiger charge is 2.23. The van der Waals surface area contributed by atoms with E-state index >= 15 is 0 Å². The van der Waals surface area contributed by atoms with Crippen molar-refractivity contribution >= 4 is 27.1 Å². The molecule has 4 atom stereocenters. The minimum atomic E-state index is 0.432. The highest BCUT2D eigenvalue weighted by atomic mass is 16.5. The van der Waals surface area contributed by atoms with Crippen molar-refractivity contribution in [2.45, 2.75) is 108 Å². The Balaban J connectivity index is 0.00000319. The van der Waals surface area contributed by atoms with Gasteiger partial charge in [0.2, 0.25) is 0 Å². The van der Waals surface area contributed by atoms with Crippen molar-refractivity contribution in [3.63, 3.8) is 0 Å². The van der Waals surface area contributed by atoms with Crippen molar-refractivity contribution in [1.29, 1.82) is 0 Å². The summed E-state index contributed by atoms with van der Waals surface area (Å²) in [5, 5.41) is 4.90. The maximum atomic E-state index is 6.66. The van der Waals surface area contributed by atoms with Crippen LogP contribution in [0.5, 0.6) is 11.5 Å². The van der Waals surface area contributed by atoms with Crippen LogP contribution in [-0.2, 0) is 9.47 Å². The summed E-state index contributed by atoms with van der Waals surface area (Å²) in [6.07, 6.45) is 11.8. The maximum Gasteiger partial charge on any atom is 0.161 e. The third kappa shape index (κ3) is 10.7. The van der Waals surface area contributed by atoms with Gasteiger partial charge in [0, 0.05) is 0 Å². The van der Waals surface area contributed by atoms with Gasteiger partial charge in [0.05, 0.1) is 26.4 Å². The summed E-state index contributed by atoms with van der Waals surface area (Å²) in [5.41, 5.74) is 5.84. The van der Waals surface area contributed by atoms with Gasteiger partial charge in [-0.1, -0.05) is 155 Å². The van der Waals surface area contributed by atoms with Crippen molar-refractivity contribution in [3.8, 4) is 22.6 Å². The molecule has 54 heavy (non-hydrogen) atoms. The SMILES string of the molecule is CC.CCC(C)COC1=CCC=C(c2c(-c3ccc(OCC(C)CC)c(OCC(C)CC)c3)c3ccccc3c3ccc(C)cc23)C=C1OCC(C)CC. The molecule has 4 aromatic carbocycles. The Bertz CT molecular complexity index is 1900. The lowest BCUT2D eigenvalue weighted by atomic mass is 9.84. The molecule has 4 unspecified atom stereocenters. The molecule has 4 aromatic rings. The molecule has 0 N–H and O–H groups in total. The fraction of sp³-hybridized carbons (Fsp3) is 0.480. The Hall–Kier alpha value is -4.18. The predicted molar refractivity (Wildman–Crippen MR) is 232 cm³/mol. The van der Waals surface area contributed by atoms with Crippen molar-refractivity contribution in [2.75, 3.05) is 26.4 Å². The van der Waals surface area contributed by atoms with Gasteiger partial charge in [-0.15, -0.1) is 0 Å². The van der Waals surface area contributed by atoms with E-state index in [4.69, 9.17) is 18.9 Å². The Morgan fingerprint density at radius 2 is 1.06 bits per heavy atom. The highest BCUT2D eigenvalue weighted by molar-refractivity contribution is 6.20. The van der Waals surface area contributed by atoms with Gasteiger partial charge in [-0.3, -0.25) is 0 Å². The van der Waals surface area contributed by atoms with E-state index in [1.165, 1.54) is 38.2 Å². The molecule has 0 aliphatic heterocycles. The van der Waals surface area contributed by atoms with Gasteiger partial charge < -0.3 is 18.9 Å². The quantitative estimate of drug-likeness (QED) is 0.0955. The number of allylic oxidation sites excluding steroid dienone is 4. The van der Waals surface area contributed by atoms with Crippen LogP contribution in [0.15, 0.2) is 90.4 Å². The zero-order valence-corrected chi connectivity index (χ0v) is 35.3. The van der Waals surface area contributed by atoms with E-state index < -0.39 is 0 Å². The van der Waals surface area contributed by atoms with E-state index in [0.717, 1.165) is 66.3 Å². The minimum absolute atomic E-state index is 0.432. The summed E-state index contributed by atoms with van der Waals surface area (Å²) < 4.78 is 26.2. The van der Waals surface area contributed by atoms with Crippen LogP contribution in [0.2, 0.25) is 0 Å². The number of benzene rings is 4. The highest BCUT2D eigenvalue weighted by Crippen LogP contribution is 2.46. The second-order valence-electron chi connectivity index (χ2n) is 15.3. The summed E-state index contributed by atoms with van der Waals surface area (Å²) >= 11 is 0. The van der Waals surface area contributed by atoms with Gasteiger partial charge >= 0.3 is 0 Å². The zero-order chi connectivity index (χ0) is 39.2. The monoisotopic (exact) mass is 733 g/mol. The number of rotatable bonds is 18.